The Morgan fingerprint density at radius 1 is 1.20 bits per heavy atom. The Bertz CT molecular complexity index is 809. The fraction of sp³-hybridized carbons (Fsp3) is 0.154. The molecule has 0 spiro atoms. The van der Waals surface area contributed by atoms with E-state index in [1.165, 1.54) is 23.3 Å². The summed E-state index contributed by atoms with van der Waals surface area (Å²) in [6.07, 6.45) is 3.80. The van der Waals surface area contributed by atoms with E-state index in [0.717, 1.165) is 4.57 Å². The van der Waals surface area contributed by atoms with Gasteiger partial charge in [0.25, 0.3) is 5.56 Å². The molecule has 7 heteroatoms. The fourth-order valence-electron chi connectivity index (χ4n) is 2.02. The quantitative estimate of drug-likeness (QED) is 0.735. The van der Waals surface area contributed by atoms with E-state index in [4.69, 9.17) is 0 Å². The minimum atomic E-state index is -2.68. The van der Waals surface area contributed by atoms with E-state index in [1.54, 1.807) is 24.3 Å². The van der Waals surface area contributed by atoms with Gasteiger partial charge in [0, 0.05) is 12.4 Å². The van der Waals surface area contributed by atoms with Crippen molar-refractivity contribution in [3.63, 3.8) is 0 Å². The third-order valence-corrected chi connectivity index (χ3v) is 3.00. The lowest BCUT2D eigenvalue weighted by atomic mass is 10.2. The van der Waals surface area contributed by atoms with Crippen molar-refractivity contribution in [2.75, 3.05) is 0 Å². The summed E-state index contributed by atoms with van der Waals surface area (Å²) in [5.74, 6) is 0.110. The molecule has 0 N–H and O–H groups in total. The van der Waals surface area contributed by atoms with Crippen molar-refractivity contribution in [2.45, 2.75) is 13.1 Å². The van der Waals surface area contributed by atoms with Crippen LogP contribution in [0.2, 0.25) is 0 Å². The van der Waals surface area contributed by atoms with Crippen LogP contribution in [0.5, 0.6) is 0 Å². The number of imidazole rings is 1. The fourth-order valence-corrected chi connectivity index (χ4v) is 2.02. The molecule has 0 unspecified atom stereocenters. The van der Waals surface area contributed by atoms with Gasteiger partial charge in [-0.25, -0.2) is 9.97 Å². The molecule has 0 fully saturated rings. The number of para-hydroxylation sites is 1. The molecule has 0 saturated heterocycles. The second-order valence-electron chi connectivity index (χ2n) is 4.22. The highest BCUT2D eigenvalue weighted by molar-refractivity contribution is 5.76. The van der Waals surface area contributed by atoms with Gasteiger partial charge in [-0.05, 0) is 12.1 Å². The maximum atomic E-state index is 12.7. The summed E-state index contributed by atoms with van der Waals surface area (Å²) in [6.45, 7) is -2.73. The van der Waals surface area contributed by atoms with Crippen molar-refractivity contribution in [2.24, 2.45) is 0 Å². The lowest BCUT2D eigenvalue weighted by molar-refractivity contribution is 0.0666. The Labute approximate surface area is 112 Å². The van der Waals surface area contributed by atoms with Gasteiger partial charge in [0.15, 0.2) is 0 Å². The Morgan fingerprint density at radius 2 is 2.00 bits per heavy atom. The number of rotatable bonds is 3. The van der Waals surface area contributed by atoms with E-state index in [1.807, 2.05) is 0 Å². The largest absolute Gasteiger partial charge is 0.319 e. The molecule has 0 amide bonds. The number of benzene rings is 1. The monoisotopic (exact) mass is 276 g/mol. The number of nitrogens with zero attached hydrogens (tertiary/aromatic N) is 4. The molecule has 2 aromatic heterocycles. The molecule has 0 aliphatic carbocycles. The van der Waals surface area contributed by atoms with Crippen LogP contribution in [0, 0.1) is 0 Å². The first-order chi connectivity index (χ1) is 9.66. The van der Waals surface area contributed by atoms with Crippen molar-refractivity contribution in [3.8, 4) is 0 Å². The normalized spacial score (nSPS) is 11.3. The van der Waals surface area contributed by atoms with Crippen LogP contribution in [-0.4, -0.2) is 19.1 Å². The van der Waals surface area contributed by atoms with Gasteiger partial charge in [-0.1, -0.05) is 12.1 Å². The number of hydrogen-bond acceptors (Lipinski definition) is 3. The third-order valence-electron chi connectivity index (χ3n) is 3.00. The summed E-state index contributed by atoms with van der Waals surface area (Å²) in [5, 5.41) is 0.449. The van der Waals surface area contributed by atoms with E-state index < -0.39 is 6.55 Å². The highest BCUT2D eigenvalue weighted by Crippen LogP contribution is 2.13. The minimum absolute atomic E-state index is 0.0476. The smallest absolute Gasteiger partial charge is 0.291 e. The molecule has 0 aliphatic heterocycles. The van der Waals surface area contributed by atoms with Crippen LogP contribution in [0.1, 0.15) is 12.4 Å². The van der Waals surface area contributed by atoms with Crippen LogP contribution >= 0.6 is 0 Å². The zero-order valence-corrected chi connectivity index (χ0v) is 10.3. The molecule has 0 atom stereocenters. The molecular formula is C13H10F2N4O. The zero-order chi connectivity index (χ0) is 14.1. The molecule has 3 aromatic rings. The maximum absolute atomic E-state index is 12.7. The molecular weight excluding hydrogens is 266 g/mol. The van der Waals surface area contributed by atoms with Gasteiger partial charge < -0.3 is 0 Å². The predicted octanol–water partition coefficient (Wildman–Crippen LogP) is 2.04. The first-order valence-electron chi connectivity index (χ1n) is 5.91. The van der Waals surface area contributed by atoms with Gasteiger partial charge >= 0.3 is 6.55 Å². The Balaban J connectivity index is 2.05. The summed E-state index contributed by atoms with van der Waals surface area (Å²) in [6, 6.07) is 6.89. The standard InChI is InChI=1S/C13H10F2N4O/c14-13(15)19-6-5-16-11(19)7-18-8-17-10-4-2-1-3-9(10)12(18)20/h1-6,8,13H,7H2. The molecule has 0 radical (unpaired) electrons. The average molecular weight is 276 g/mol. The molecule has 102 valence electrons. The van der Waals surface area contributed by atoms with Crippen molar-refractivity contribution >= 4 is 10.9 Å². The van der Waals surface area contributed by atoms with E-state index >= 15 is 0 Å². The van der Waals surface area contributed by atoms with Crippen LogP contribution in [0.15, 0.2) is 47.8 Å². The number of halogens is 2. The van der Waals surface area contributed by atoms with E-state index in [0.29, 0.717) is 10.9 Å². The Hall–Kier alpha value is -2.57. The topological polar surface area (TPSA) is 52.7 Å². The van der Waals surface area contributed by atoms with Gasteiger partial charge in [0.05, 0.1) is 23.8 Å². The van der Waals surface area contributed by atoms with Crippen LogP contribution in [0.4, 0.5) is 8.78 Å². The highest BCUT2D eigenvalue weighted by atomic mass is 19.3. The third kappa shape index (κ3) is 2.07. The number of hydrogen-bond donors (Lipinski definition) is 0. The second kappa shape index (κ2) is 4.84. The summed E-state index contributed by atoms with van der Waals surface area (Å²) in [5.41, 5.74) is 0.297. The van der Waals surface area contributed by atoms with Crippen LogP contribution in [0.25, 0.3) is 10.9 Å². The summed E-state index contributed by atoms with van der Waals surface area (Å²) in [7, 11) is 0. The molecule has 0 aliphatic rings. The predicted molar refractivity (Wildman–Crippen MR) is 68.6 cm³/mol. The van der Waals surface area contributed by atoms with Gasteiger partial charge in [-0.15, -0.1) is 0 Å². The second-order valence-corrected chi connectivity index (χ2v) is 4.22. The number of alkyl halides is 2. The zero-order valence-electron chi connectivity index (χ0n) is 10.3. The average Bonchev–Trinajstić information content (AvgIpc) is 2.91. The Kier molecular flexibility index (Phi) is 3.02. The van der Waals surface area contributed by atoms with Crippen molar-refractivity contribution in [3.05, 3.63) is 59.2 Å². The van der Waals surface area contributed by atoms with Gasteiger partial charge in [-0.2, -0.15) is 8.78 Å². The van der Waals surface area contributed by atoms with Crippen LogP contribution in [-0.2, 0) is 6.54 Å². The molecule has 3 rings (SSSR count). The molecule has 1 aromatic carbocycles. The molecule has 5 nitrogen and oxygen atoms in total. The lowest BCUT2D eigenvalue weighted by Crippen LogP contribution is -2.23. The van der Waals surface area contributed by atoms with Crippen molar-refractivity contribution in [1.82, 2.24) is 19.1 Å². The number of aromatic nitrogens is 4. The summed E-state index contributed by atoms with van der Waals surface area (Å²) < 4.78 is 27.5. The van der Waals surface area contributed by atoms with E-state index in [-0.39, 0.29) is 17.9 Å². The molecule has 20 heavy (non-hydrogen) atoms. The maximum Gasteiger partial charge on any atom is 0.319 e. The Morgan fingerprint density at radius 3 is 2.80 bits per heavy atom. The van der Waals surface area contributed by atoms with Gasteiger partial charge in [0.1, 0.15) is 5.82 Å². The van der Waals surface area contributed by atoms with Crippen molar-refractivity contribution in [1.29, 1.82) is 0 Å². The highest BCUT2D eigenvalue weighted by Gasteiger charge is 2.13. The van der Waals surface area contributed by atoms with Crippen molar-refractivity contribution < 1.29 is 8.78 Å². The minimum Gasteiger partial charge on any atom is -0.291 e. The van der Waals surface area contributed by atoms with E-state index in [2.05, 4.69) is 9.97 Å². The SMILES string of the molecule is O=c1c2ccccc2ncn1Cc1nccn1C(F)F. The lowest BCUT2D eigenvalue weighted by Gasteiger charge is -2.08. The summed E-state index contributed by atoms with van der Waals surface area (Å²) in [4.78, 5) is 20.2. The first kappa shape index (κ1) is 12.5. The van der Waals surface area contributed by atoms with E-state index in [9.17, 15) is 13.6 Å². The van der Waals surface area contributed by atoms with Gasteiger partial charge in [0.2, 0.25) is 0 Å². The van der Waals surface area contributed by atoms with Gasteiger partial charge in [-0.3, -0.25) is 13.9 Å². The first-order valence-corrected chi connectivity index (χ1v) is 5.91. The van der Waals surface area contributed by atoms with Crippen LogP contribution < -0.4 is 5.56 Å². The molecule has 0 bridgehead atoms. The number of fused-ring (bicyclic) bond motifs is 1. The van der Waals surface area contributed by atoms with Crippen LogP contribution in [0.3, 0.4) is 0 Å². The summed E-state index contributed by atoms with van der Waals surface area (Å²) >= 11 is 0. The molecule has 0 saturated carbocycles. The molecule has 2 heterocycles.